The highest BCUT2D eigenvalue weighted by Crippen LogP contribution is 2.22. The van der Waals surface area contributed by atoms with Gasteiger partial charge < -0.3 is 15.0 Å². The van der Waals surface area contributed by atoms with E-state index in [4.69, 9.17) is 4.74 Å². The lowest BCUT2D eigenvalue weighted by molar-refractivity contribution is -0.140. The average molecular weight is 532 g/mol. The van der Waals surface area contributed by atoms with Crippen molar-refractivity contribution in [3.63, 3.8) is 0 Å². The minimum Gasteiger partial charge on any atom is -0.497 e. The summed E-state index contributed by atoms with van der Waals surface area (Å²) >= 11 is 0. The van der Waals surface area contributed by atoms with E-state index in [1.165, 1.54) is 10.6 Å². The summed E-state index contributed by atoms with van der Waals surface area (Å²) in [5.74, 6) is 0.275. The number of methoxy groups -OCH3 is 1. The number of amides is 2. The SMILES string of the molecule is CC[C@@H](C)NC(=O)[C@H](C)N(Cc1ccc(OC)cc1)C(=O)CCCN(c1ccc(C)c(C)c1)S(C)(=O)=O. The number of rotatable bonds is 13. The first-order chi connectivity index (χ1) is 17.4. The van der Waals surface area contributed by atoms with E-state index in [1.807, 2.05) is 64.1 Å². The molecule has 0 bridgehead atoms. The van der Waals surface area contributed by atoms with Crippen LogP contribution in [0, 0.1) is 13.8 Å². The van der Waals surface area contributed by atoms with Crippen molar-refractivity contribution in [2.45, 2.75) is 72.5 Å². The number of benzene rings is 2. The fourth-order valence-corrected chi connectivity index (χ4v) is 4.82. The van der Waals surface area contributed by atoms with Crippen molar-refractivity contribution in [1.82, 2.24) is 10.2 Å². The molecule has 9 heteroatoms. The highest BCUT2D eigenvalue weighted by Gasteiger charge is 2.27. The summed E-state index contributed by atoms with van der Waals surface area (Å²) in [5.41, 5.74) is 3.51. The van der Waals surface area contributed by atoms with Gasteiger partial charge in [-0.3, -0.25) is 13.9 Å². The van der Waals surface area contributed by atoms with Gasteiger partial charge in [-0.05, 0) is 81.5 Å². The van der Waals surface area contributed by atoms with Gasteiger partial charge in [0.2, 0.25) is 21.8 Å². The van der Waals surface area contributed by atoms with Crippen LogP contribution in [0.5, 0.6) is 5.75 Å². The molecule has 0 aliphatic carbocycles. The summed E-state index contributed by atoms with van der Waals surface area (Å²) in [7, 11) is -1.95. The summed E-state index contributed by atoms with van der Waals surface area (Å²) in [6.07, 6.45) is 2.37. The van der Waals surface area contributed by atoms with E-state index < -0.39 is 16.1 Å². The lowest BCUT2D eigenvalue weighted by Crippen LogP contribution is -2.49. The van der Waals surface area contributed by atoms with Gasteiger partial charge in [-0.1, -0.05) is 25.1 Å². The van der Waals surface area contributed by atoms with E-state index in [0.29, 0.717) is 17.9 Å². The molecule has 0 aromatic heterocycles. The van der Waals surface area contributed by atoms with Gasteiger partial charge in [0.25, 0.3) is 0 Å². The number of hydrogen-bond donors (Lipinski definition) is 1. The van der Waals surface area contributed by atoms with Gasteiger partial charge in [0.05, 0.1) is 19.1 Å². The molecule has 0 unspecified atom stereocenters. The smallest absolute Gasteiger partial charge is 0.242 e. The number of aryl methyl sites for hydroxylation is 2. The molecule has 0 aliphatic heterocycles. The van der Waals surface area contributed by atoms with Crippen LogP contribution in [0.3, 0.4) is 0 Å². The quantitative estimate of drug-likeness (QED) is 0.418. The standard InChI is InChI=1S/C28H41N3O5S/c1-8-22(4)29-28(33)23(5)30(19-24-12-15-26(36-6)16-13-24)27(32)10-9-17-31(37(7,34)35)25-14-11-20(2)21(3)18-25/h11-16,18,22-23H,8-10,17,19H2,1-7H3,(H,29,33)/t22-,23+/m1/s1. The van der Waals surface area contributed by atoms with Gasteiger partial charge in [0.1, 0.15) is 11.8 Å². The second kappa shape index (κ2) is 13.5. The minimum atomic E-state index is -3.53. The van der Waals surface area contributed by atoms with E-state index in [9.17, 15) is 18.0 Å². The molecular formula is C28H41N3O5S. The van der Waals surface area contributed by atoms with Crippen LogP contribution >= 0.6 is 0 Å². The maximum Gasteiger partial charge on any atom is 0.242 e. The molecule has 0 saturated carbocycles. The number of anilines is 1. The van der Waals surface area contributed by atoms with Crippen LogP contribution in [0.25, 0.3) is 0 Å². The predicted octanol–water partition coefficient (Wildman–Crippen LogP) is 4.19. The van der Waals surface area contributed by atoms with Crippen LogP contribution in [-0.2, 0) is 26.2 Å². The van der Waals surface area contributed by atoms with Crippen molar-refractivity contribution in [2.75, 3.05) is 24.2 Å². The minimum absolute atomic E-state index is 0.00540. The molecular weight excluding hydrogens is 490 g/mol. The lowest BCUT2D eigenvalue weighted by Gasteiger charge is -2.30. The second-order valence-electron chi connectivity index (χ2n) is 9.57. The Hall–Kier alpha value is -3.07. The van der Waals surface area contributed by atoms with Crippen LogP contribution in [0.1, 0.15) is 56.7 Å². The van der Waals surface area contributed by atoms with E-state index in [-0.39, 0.29) is 37.4 Å². The number of nitrogens with zero attached hydrogens (tertiary/aromatic N) is 2. The van der Waals surface area contributed by atoms with Gasteiger partial charge in [-0.15, -0.1) is 0 Å². The number of sulfonamides is 1. The highest BCUT2D eigenvalue weighted by molar-refractivity contribution is 7.92. The normalized spacial score (nSPS) is 12.9. The van der Waals surface area contributed by atoms with Gasteiger partial charge in [0, 0.05) is 25.6 Å². The zero-order valence-electron chi connectivity index (χ0n) is 23.1. The monoisotopic (exact) mass is 531 g/mol. The number of carbonyl (C=O) groups excluding carboxylic acids is 2. The number of hydrogen-bond acceptors (Lipinski definition) is 5. The third-order valence-corrected chi connectivity index (χ3v) is 7.81. The van der Waals surface area contributed by atoms with Gasteiger partial charge in [-0.25, -0.2) is 8.42 Å². The third kappa shape index (κ3) is 8.77. The summed E-state index contributed by atoms with van der Waals surface area (Å²) in [5, 5.41) is 2.95. The maximum atomic E-state index is 13.4. The molecule has 1 N–H and O–H groups in total. The van der Waals surface area contributed by atoms with Crippen LogP contribution < -0.4 is 14.4 Å². The lowest BCUT2D eigenvalue weighted by atomic mass is 10.1. The summed E-state index contributed by atoms with van der Waals surface area (Å²) in [6.45, 7) is 9.95. The molecule has 0 fully saturated rings. The largest absolute Gasteiger partial charge is 0.497 e. The van der Waals surface area contributed by atoms with Gasteiger partial charge in [0.15, 0.2) is 0 Å². The van der Waals surface area contributed by atoms with Crippen LogP contribution in [0.4, 0.5) is 5.69 Å². The van der Waals surface area contributed by atoms with Crippen molar-refractivity contribution >= 4 is 27.5 Å². The van der Waals surface area contributed by atoms with Crippen molar-refractivity contribution in [3.05, 3.63) is 59.2 Å². The van der Waals surface area contributed by atoms with E-state index >= 15 is 0 Å². The zero-order valence-corrected chi connectivity index (χ0v) is 23.9. The Kier molecular flexibility index (Phi) is 11.0. The van der Waals surface area contributed by atoms with Crippen molar-refractivity contribution in [2.24, 2.45) is 0 Å². The van der Waals surface area contributed by atoms with Gasteiger partial charge in [-0.2, -0.15) is 0 Å². The van der Waals surface area contributed by atoms with Crippen molar-refractivity contribution in [1.29, 1.82) is 0 Å². The Morgan fingerprint density at radius 3 is 2.22 bits per heavy atom. The van der Waals surface area contributed by atoms with Crippen molar-refractivity contribution < 1.29 is 22.7 Å². The molecule has 0 aliphatic rings. The molecule has 0 saturated heterocycles. The summed E-state index contributed by atoms with van der Waals surface area (Å²) in [6, 6.07) is 12.2. The first-order valence-corrected chi connectivity index (χ1v) is 14.5. The molecule has 2 rings (SSSR count). The number of nitrogens with one attached hydrogen (secondary N) is 1. The first kappa shape index (κ1) is 30.2. The van der Waals surface area contributed by atoms with Gasteiger partial charge >= 0.3 is 0 Å². The molecule has 0 spiro atoms. The Labute approximate surface area is 222 Å². The van der Waals surface area contributed by atoms with E-state index in [1.54, 1.807) is 25.0 Å². The molecule has 2 amide bonds. The third-order valence-electron chi connectivity index (χ3n) is 6.61. The van der Waals surface area contributed by atoms with Crippen LogP contribution in [-0.4, -0.2) is 57.1 Å². The van der Waals surface area contributed by atoms with Crippen LogP contribution in [0.2, 0.25) is 0 Å². The molecule has 37 heavy (non-hydrogen) atoms. The molecule has 0 radical (unpaired) electrons. The fraction of sp³-hybridized carbons (Fsp3) is 0.500. The average Bonchev–Trinajstić information content (AvgIpc) is 2.85. The summed E-state index contributed by atoms with van der Waals surface area (Å²) < 4.78 is 31.6. The predicted molar refractivity (Wildman–Crippen MR) is 148 cm³/mol. The maximum absolute atomic E-state index is 13.4. The number of ether oxygens (including phenoxy) is 1. The Bertz CT molecular complexity index is 1160. The topological polar surface area (TPSA) is 96.0 Å². The second-order valence-corrected chi connectivity index (χ2v) is 11.5. The molecule has 2 aromatic rings. The Morgan fingerprint density at radius 1 is 1.03 bits per heavy atom. The molecule has 0 heterocycles. The first-order valence-electron chi connectivity index (χ1n) is 12.6. The Balaban J connectivity index is 2.19. The van der Waals surface area contributed by atoms with E-state index in [0.717, 1.165) is 23.1 Å². The fourth-order valence-electron chi connectivity index (χ4n) is 3.86. The molecule has 2 aromatic carbocycles. The Morgan fingerprint density at radius 2 is 1.68 bits per heavy atom. The molecule has 2 atom stereocenters. The highest BCUT2D eigenvalue weighted by atomic mass is 32.2. The van der Waals surface area contributed by atoms with Crippen molar-refractivity contribution in [3.8, 4) is 5.75 Å². The number of carbonyl (C=O) groups is 2. The zero-order chi connectivity index (χ0) is 27.8. The van der Waals surface area contributed by atoms with E-state index in [2.05, 4.69) is 5.32 Å². The van der Waals surface area contributed by atoms with Crippen LogP contribution in [0.15, 0.2) is 42.5 Å². The summed E-state index contributed by atoms with van der Waals surface area (Å²) in [4.78, 5) is 27.8. The molecule has 8 nitrogen and oxygen atoms in total. The molecule has 204 valence electrons.